The molecule has 0 amide bonds. The van der Waals surface area contributed by atoms with E-state index in [0.29, 0.717) is 5.33 Å². The smallest absolute Gasteiger partial charge is 0.128 e. The molecule has 36 valence electrons. The molecule has 2 heteroatoms. The Kier molecular flexibility index (Phi) is 3.43. The number of hydrogen-bond acceptors (Lipinski definition) is 0. The van der Waals surface area contributed by atoms with Crippen molar-refractivity contribution in [1.82, 2.24) is 0 Å². The van der Waals surface area contributed by atoms with Crippen LogP contribution < -0.4 is 0 Å². The van der Waals surface area contributed by atoms with Crippen LogP contribution >= 0.6 is 15.9 Å². The molecule has 0 rings (SSSR count). The summed E-state index contributed by atoms with van der Waals surface area (Å²) in [6.07, 6.45) is 0.374. The number of allylic oxidation sites excluding steroid dienone is 1. The molecule has 0 saturated heterocycles. The average Bonchev–Trinajstić information content (AvgIpc) is 1.65. The van der Waals surface area contributed by atoms with Gasteiger partial charge < -0.3 is 0 Å². The highest BCUT2D eigenvalue weighted by Gasteiger charge is 1.91. The molecule has 1 unspecified atom stereocenters. The first-order valence-electron chi connectivity index (χ1n) is 1.64. The average molecular weight is 153 g/mol. The minimum absolute atomic E-state index is 0.358. The van der Waals surface area contributed by atoms with Crippen molar-refractivity contribution in [1.29, 1.82) is 0 Å². The van der Waals surface area contributed by atoms with Crippen molar-refractivity contribution in [2.45, 2.75) is 6.17 Å². The SMILES string of the molecule is C=CC(F)CBr. The molecular formula is C4H6BrF. The molecule has 0 nitrogen and oxygen atoms in total. The van der Waals surface area contributed by atoms with Gasteiger partial charge in [-0.1, -0.05) is 22.0 Å². The molecule has 0 spiro atoms. The Morgan fingerprint density at radius 3 is 2.50 bits per heavy atom. The van der Waals surface area contributed by atoms with E-state index in [-0.39, 0.29) is 0 Å². The summed E-state index contributed by atoms with van der Waals surface area (Å²) in [5, 5.41) is 0.358. The maximum Gasteiger partial charge on any atom is 0.128 e. The predicted octanol–water partition coefficient (Wildman–Crippen LogP) is 1.91. The van der Waals surface area contributed by atoms with E-state index in [1.807, 2.05) is 0 Å². The van der Waals surface area contributed by atoms with Crippen molar-refractivity contribution in [3.8, 4) is 0 Å². The molecule has 0 N–H and O–H groups in total. The van der Waals surface area contributed by atoms with Gasteiger partial charge in [0.15, 0.2) is 0 Å². The van der Waals surface area contributed by atoms with Crippen molar-refractivity contribution in [2.75, 3.05) is 5.33 Å². The van der Waals surface area contributed by atoms with Gasteiger partial charge in [0.2, 0.25) is 0 Å². The predicted molar refractivity (Wildman–Crippen MR) is 28.9 cm³/mol. The highest BCUT2D eigenvalue weighted by Crippen LogP contribution is 1.94. The van der Waals surface area contributed by atoms with Crippen LogP contribution in [0.1, 0.15) is 0 Å². The van der Waals surface area contributed by atoms with E-state index in [4.69, 9.17) is 0 Å². The molecule has 0 aromatic carbocycles. The van der Waals surface area contributed by atoms with Crippen LogP contribution in [0, 0.1) is 0 Å². The molecule has 0 aromatic rings. The van der Waals surface area contributed by atoms with Crippen molar-refractivity contribution in [3.63, 3.8) is 0 Å². The van der Waals surface area contributed by atoms with Gasteiger partial charge in [-0.05, 0) is 0 Å². The standard InChI is InChI=1S/C4H6BrF/c1-2-4(6)3-5/h2,4H,1,3H2. The molecule has 0 aliphatic rings. The van der Waals surface area contributed by atoms with E-state index in [0.717, 1.165) is 0 Å². The molecule has 1 atom stereocenters. The molecule has 0 radical (unpaired) electrons. The van der Waals surface area contributed by atoms with E-state index in [1.165, 1.54) is 6.08 Å². The molecule has 0 bridgehead atoms. The van der Waals surface area contributed by atoms with Gasteiger partial charge >= 0.3 is 0 Å². The molecule has 0 heterocycles. The van der Waals surface area contributed by atoms with Gasteiger partial charge in [-0.15, -0.1) is 6.58 Å². The first-order chi connectivity index (χ1) is 2.81. The second-order valence-corrected chi connectivity index (χ2v) is 1.55. The fraction of sp³-hybridized carbons (Fsp3) is 0.500. The van der Waals surface area contributed by atoms with Crippen molar-refractivity contribution in [2.24, 2.45) is 0 Å². The topological polar surface area (TPSA) is 0 Å². The monoisotopic (exact) mass is 152 g/mol. The van der Waals surface area contributed by atoms with Gasteiger partial charge in [0, 0.05) is 5.33 Å². The second-order valence-electron chi connectivity index (χ2n) is 0.906. The van der Waals surface area contributed by atoms with E-state index in [2.05, 4.69) is 22.5 Å². The number of rotatable bonds is 2. The third-order valence-corrected chi connectivity index (χ3v) is 1.02. The minimum atomic E-state index is -0.884. The van der Waals surface area contributed by atoms with Crippen LogP contribution in [0.4, 0.5) is 4.39 Å². The highest BCUT2D eigenvalue weighted by atomic mass is 79.9. The lowest BCUT2D eigenvalue weighted by molar-refractivity contribution is 0.439. The minimum Gasteiger partial charge on any atom is -0.242 e. The van der Waals surface area contributed by atoms with Crippen LogP contribution in [-0.4, -0.2) is 11.5 Å². The van der Waals surface area contributed by atoms with Gasteiger partial charge in [0.1, 0.15) is 6.17 Å². The molecule has 0 aliphatic heterocycles. The van der Waals surface area contributed by atoms with Gasteiger partial charge in [0.25, 0.3) is 0 Å². The highest BCUT2D eigenvalue weighted by molar-refractivity contribution is 9.09. The first-order valence-corrected chi connectivity index (χ1v) is 2.76. The second kappa shape index (κ2) is 3.34. The van der Waals surface area contributed by atoms with Crippen molar-refractivity contribution < 1.29 is 4.39 Å². The summed E-state index contributed by atoms with van der Waals surface area (Å²) in [7, 11) is 0. The third kappa shape index (κ3) is 2.39. The van der Waals surface area contributed by atoms with Crippen LogP contribution in [0.5, 0.6) is 0 Å². The van der Waals surface area contributed by atoms with Crippen LogP contribution in [0.25, 0.3) is 0 Å². The van der Waals surface area contributed by atoms with E-state index < -0.39 is 6.17 Å². The molecule has 0 saturated carbocycles. The molecular weight excluding hydrogens is 147 g/mol. The van der Waals surface area contributed by atoms with Gasteiger partial charge in [-0.3, -0.25) is 0 Å². The molecule has 0 aromatic heterocycles. The Morgan fingerprint density at radius 2 is 2.50 bits per heavy atom. The fourth-order valence-corrected chi connectivity index (χ4v) is 0.327. The van der Waals surface area contributed by atoms with Gasteiger partial charge in [-0.2, -0.15) is 0 Å². The Hall–Kier alpha value is 0.150. The summed E-state index contributed by atoms with van der Waals surface area (Å²) < 4.78 is 11.7. The van der Waals surface area contributed by atoms with E-state index in [9.17, 15) is 4.39 Å². The Labute approximate surface area is 45.2 Å². The quantitative estimate of drug-likeness (QED) is 0.419. The third-order valence-electron chi connectivity index (χ3n) is 0.403. The number of alkyl halides is 2. The Bertz CT molecular complexity index is 44.8. The lowest BCUT2D eigenvalue weighted by atomic mass is 10.4. The van der Waals surface area contributed by atoms with Crippen LogP contribution in [-0.2, 0) is 0 Å². The Balaban J connectivity index is 2.96. The van der Waals surface area contributed by atoms with E-state index in [1.54, 1.807) is 0 Å². The zero-order valence-electron chi connectivity index (χ0n) is 3.32. The summed E-state index contributed by atoms with van der Waals surface area (Å²) in [6.45, 7) is 3.23. The Morgan fingerprint density at radius 1 is 2.00 bits per heavy atom. The summed E-state index contributed by atoms with van der Waals surface area (Å²) >= 11 is 2.93. The van der Waals surface area contributed by atoms with Gasteiger partial charge in [-0.25, -0.2) is 4.39 Å². The van der Waals surface area contributed by atoms with Crippen LogP contribution in [0.2, 0.25) is 0 Å². The van der Waals surface area contributed by atoms with Crippen molar-refractivity contribution in [3.05, 3.63) is 12.7 Å². The fourth-order valence-electron chi connectivity index (χ4n) is 0.0630. The largest absolute Gasteiger partial charge is 0.242 e. The summed E-state index contributed by atoms with van der Waals surface area (Å²) in [5.41, 5.74) is 0. The lowest BCUT2D eigenvalue weighted by Gasteiger charge is -1.87. The molecule has 0 aliphatic carbocycles. The van der Waals surface area contributed by atoms with Crippen molar-refractivity contribution >= 4 is 15.9 Å². The molecule has 6 heavy (non-hydrogen) atoms. The number of halogens is 2. The maximum absolute atomic E-state index is 11.7. The molecule has 0 fully saturated rings. The first kappa shape index (κ1) is 6.15. The summed E-state index contributed by atoms with van der Waals surface area (Å²) in [5.74, 6) is 0. The van der Waals surface area contributed by atoms with Crippen LogP contribution in [0.3, 0.4) is 0 Å². The van der Waals surface area contributed by atoms with Gasteiger partial charge in [0.05, 0.1) is 0 Å². The summed E-state index contributed by atoms with van der Waals surface area (Å²) in [6, 6.07) is 0. The zero-order valence-corrected chi connectivity index (χ0v) is 4.91. The lowest BCUT2D eigenvalue weighted by Crippen LogP contribution is -1.92. The van der Waals surface area contributed by atoms with E-state index >= 15 is 0 Å². The normalized spacial score (nSPS) is 13.7. The summed E-state index contributed by atoms with van der Waals surface area (Å²) in [4.78, 5) is 0. The maximum atomic E-state index is 11.7. The van der Waals surface area contributed by atoms with Crippen LogP contribution in [0.15, 0.2) is 12.7 Å². The number of hydrogen-bond donors (Lipinski definition) is 0. The zero-order chi connectivity index (χ0) is 4.99.